The Bertz CT molecular complexity index is 1270. The number of nitrogens with two attached hydrogens (primary N) is 1. The third kappa shape index (κ3) is 3.77. The molecule has 1 fully saturated rings. The maximum atomic E-state index is 14.7. The average molecular weight is 508 g/mol. The molecule has 36 heavy (non-hydrogen) atoms. The van der Waals surface area contributed by atoms with Gasteiger partial charge in [-0.2, -0.15) is 13.2 Å². The number of amides is 1. The van der Waals surface area contributed by atoms with E-state index in [1.807, 2.05) is 0 Å². The van der Waals surface area contributed by atoms with Gasteiger partial charge in [0.25, 0.3) is 6.02 Å². The summed E-state index contributed by atoms with van der Waals surface area (Å²) in [6.07, 6.45) is -3.83. The van der Waals surface area contributed by atoms with Gasteiger partial charge < -0.3 is 20.1 Å². The van der Waals surface area contributed by atoms with Crippen LogP contribution in [0.4, 0.5) is 34.9 Å². The number of nitrogens with one attached hydrogen (secondary N) is 1. The van der Waals surface area contributed by atoms with E-state index >= 15 is 0 Å². The van der Waals surface area contributed by atoms with Crippen molar-refractivity contribution in [3.63, 3.8) is 0 Å². The van der Waals surface area contributed by atoms with Crippen molar-refractivity contribution in [1.29, 1.82) is 5.41 Å². The van der Waals surface area contributed by atoms with Gasteiger partial charge in [0.05, 0.1) is 23.3 Å². The number of hydrogen-bond acceptors (Lipinski definition) is 7. The maximum Gasteiger partial charge on any atom is 0.408 e. The highest BCUT2D eigenvalue weighted by Crippen LogP contribution is 2.47. The van der Waals surface area contributed by atoms with Crippen LogP contribution in [0.25, 0.3) is 0 Å². The number of benzene rings is 1. The molecule has 0 aliphatic carbocycles. The highest BCUT2D eigenvalue weighted by Gasteiger charge is 2.49. The van der Waals surface area contributed by atoms with Crippen molar-refractivity contribution in [1.82, 2.24) is 14.9 Å². The van der Waals surface area contributed by atoms with Gasteiger partial charge in [-0.15, -0.1) is 0 Å². The first-order chi connectivity index (χ1) is 16.9. The lowest BCUT2D eigenvalue weighted by Gasteiger charge is -2.27. The van der Waals surface area contributed by atoms with E-state index < -0.39 is 42.0 Å². The molecule has 9 nitrogen and oxygen atoms in total. The molecule has 1 aromatic heterocycles. The van der Waals surface area contributed by atoms with Gasteiger partial charge in [0.15, 0.2) is 24.0 Å². The minimum absolute atomic E-state index is 0.00899. The Morgan fingerprint density at radius 1 is 1.33 bits per heavy atom. The lowest BCUT2D eigenvalue weighted by Crippen LogP contribution is -2.45. The second kappa shape index (κ2) is 8.20. The molecule has 3 N–H and O–H groups in total. The van der Waals surface area contributed by atoms with E-state index in [4.69, 9.17) is 20.6 Å². The first-order valence-corrected chi connectivity index (χ1v) is 11.4. The summed E-state index contributed by atoms with van der Waals surface area (Å²) in [7, 11) is 0. The largest absolute Gasteiger partial charge is 0.490 e. The van der Waals surface area contributed by atoms with Crippen molar-refractivity contribution in [3.05, 3.63) is 34.9 Å². The second-order valence-electron chi connectivity index (χ2n) is 9.49. The summed E-state index contributed by atoms with van der Waals surface area (Å²) in [4.78, 5) is 24.1. The fourth-order valence-electron chi connectivity index (χ4n) is 5.00. The summed E-state index contributed by atoms with van der Waals surface area (Å²) < 4.78 is 65.1. The average Bonchev–Trinajstić information content (AvgIpc) is 3.50. The lowest BCUT2D eigenvalue weighted by molar-refractivity contribution is -0.169. The molecule has 0 radical (unpaired) electrons. The minimum atomic E-state index is -4.48. The van der Waals surface area contributed by atoms with Crippen LogP contribution in [-0.2, 0) is 28.0 Å². The number of carbonyl (C=O) groups is 1. The number of rotatable bonds is 3. The molecule has 3 aliphatic rings. The number of likely N-dealkylation sites (tertiary alicyclic amines) is 1. The van der Waals surface area contributed by atoms with Gasteiger partial charge >= 0.3 is 6.18 Å². The molecule has 0 saturated carbocycles. The summed E-state index contributed by atoms with van der Waals surface area (Å²) in [5, 5.41) is 8.01. The Morgan fingerprint density at radius 2 is 2.08 bits per heavy atom. The number of nitrogens with zero attached hydrogens (tertiary/aromatic N) is 4. The molecule has 192 valence electrons. The molecular weight excluding hydrogens is 484 g/mol. The smallest absolute Gasteiger partial charge is 0.408 e. The quantitative estimate of drug-likeness (QED) is 0.370. The zero-order valence-corrected chi connectivity index (χ0v) is 19.6. The van der Waals surface area contributed by atoms with Gasteiger partial charge in [0, 0.05) is 24.6 Å². The van der Waals surface area contributed by atoms with E-state index in [1.54, 1.807) is 19.9 Å². The van der Waals surface area contributed by atoms with Crippen molar-refractivity contribution < 1.29 is 31.8 Å². The predicted octanol–water partition coefficient (Wildman–Crippen LogP) is 3.57. The Labute approximate surface area is 203 Å². The number of aromatic nitrogens is 2. The number of hydrogen-bond donors (Lipinski definition) is 2. The molecule has 0 spiro atoms. The van der Waals surface area contributed by atoms with E-state index in [9.17, 15) is 22.4 Å². The van der Waals surface area contributed by atoms with Crippen LogP contribution >= 0.6 is 0 Å². The zero-order valence-electron chi connectivity index (χ0n) is 19.6. The molecule has 0 unspecified atom stereocenters. The monoisotopic (exact) mass is 508 g/mol. The molecule has 1 aromatic carbocycles. The fourth-order valence-corrected chi connectivity index (χ4v) is 5.00. The van der Waals surface area contributed by atoms with Crippen LogP contribution in [0.3, 0.4) is 0 Å². The van der Waals surface area contributed by atoms with Crippen LogP contribution < -0.4 is 15.4 Å². The van der Waals surface area contributed by atoms with Gasteiger partial charge in [0.1, 0.15) is 17.7 Å². The number of amidine groups is 1. The first-order valence-electron chi connectivity index (χ1n) is 11.4. The van der Waals surface area contributed by atoms with Gasteiger partial charge in [-0.1, -0.05) is 0 Å². The van der Waals surface area contributed by atoms with Gasteiger partial charge in [0.2, 0.25) is 5.91 Å². The van der Waals surface area contributed by atoms with E-state index in [-0.39, 0.29) is 48.3 Å². The standard InChI is InChI=1S/C23H24F4N6O3/c1-22(2)16-18(28)30-15(10-36-21(29)32-6-3-4-14(32)23(25,26)27)31-19(16)33(20(22)34)12-8-11-5-7-35-17(11)13(24)9-12/h8-9,14,29H,3-7,10H2,1-2H3,(H2,28,30,31)/t14-/m1/s1. The van der Waals surface area contributed by atoms with Crippen molar-refractivity contribution in [2.45, 2.75) is 57.3 Å². The number of carbonyl (C=O) groups excluding carboxylic acids is 1. The number of ether oxygens (including phenoxy) is 2. The van der Waals surface area contributed by atoms with E-state index in [1.165, 1.54) is 11.0 Å². The number of alkyl halides is 3. The van der Waals surface area contributed by atoms with Gasteiger partial charge in [-0.25, -0.2) is 14.4 Å². The molecule has 3 aliphatic heterocycles. The highest BCUT2D eigenvalue weighted by molar-refractivity contribution is 6.12. The van der Waals surface area contributed by atoms with Crippen LogP contribution in [0.15, 0.2) is 12.1 Å². The van der Waals surface area contributed by atoms with Gasteiger partial charge in [-0.05, 0) is 32.8 Å². The Kier molecular flexibility index (Phi) is 5.49. The molecule has 2 aromatic rings. The summed E-state index contributed by atoms with van der Waals surface area (Å²) in [6.45, 7) is 3.24. The highest BCUT2D eigenvalue weighted by atomic mass is 19.4. The van der Waals surface area contributed by atoms with Crippen molar-refractivity contribution in [2.75, 3.05) is 23.8 Å². The van der Waals surface area contributed by atoms with Gasteiger partial charge in [-0.3, -0.25) is 15.1 Å². The summed E-state index contributed by atoms with van der Waals surface area (Å²) in [5.74, 6) is -0.755. The topological polar surface area (TPSA) is 118 Å². The molecule has 5 rings (SSSR count). The van der Waals surface area contributed by atoms with E-state index in [0.717, 1.165) is 4.90 Å². The van der Waals surface area contributed by atoms with Crippen LogP contribution in [0.5, 0.6) is 5.75 Å². The number of fused-ring (bicyclic) bond motifs is 2. The van der Waals surface area contributed by atoms with Crippen molar-refractivity contribution >= 4 is 29.3 Å². The summed E-state index contributed by atoms with van der Waals surface area (Å²) >= 11 is 0. The van der Waals surface area contributed by atoms with E-state index in [0.29, 0.717) is 24.2 Å². The first kappa shape index (κ1) is 24.1. The van der Waals surface area contributed by atoms with Crippen LogP contribution in [-0.4, -0.2) is 52.2 Å². The number of anilines is 3. The van der Waals surface area contributed by atoms with Crippen molar-refractivity contribution in [2.24, 2.45) is 0 Å². The molecule has 1 saturated heterocycles. The normalized spacial score (nSPS) is 20.4. The maximum absolute atomic E-state index is 14.7. The Balaban J connectivity index is 1.45. The van der Waals surface area contributed by atoms with Crippen molar-refractivity contribution in [3.8, 4) is 5.75 Å². The molecule has 13 heteroatoms. The lowest BCUT2D eigenvalue weighted by atomic mass is 9.87. The molecule has 4 heterocycles. The SMILES string of the molecule is CC1(C)C(=O)N(c2cc(F)c3c(c2)CCO3)c2nc(COC(=N)N3CCC[C@@H]3C(F)(F)F)nc(N)c21. The number of nitrogen functional groups attached to an aromatic ring is 1. The fraction of sp³-hybridized carbons (Fsp3) is 0.478. The molecule has 1 amide bonds. The second-order valence-corrected chi connectivity index (χ2v) is 9.49. The summed E-state index contributed by atoms with van der Waals surface area (Å²) in [5.41, 5.74) is 6.28. The predicted molar refractivity (Wildman–Crippen MR) is 121 cm³/mol. The molecular formula is C23H24F4N6O3. The van der Waals surface area contributed by atoms with E-state index in [2.05, 4.69) is 9.97 Å². The minimum Gasteiger partial charge on any atom is -0.490 e. The third-order valence-electron chi connectivity index (χ3n) is 6.75. The molecule has 1 atom stereocenters. The zero-order chi connectivity index (χ0) is 26.0. The van der Waals surface area contributed by atoms with Crippen LogP contribution in [0.1, 0.15) is 43.6 Å². The Morgan fingerprint density at radius 3 is 2.81 bits per heavy atom. The number of halogens is 4. The molecule has 0 bridgehead atoms. The van der Waals surface area contributed by atoms with Crippen LogP contribution in [0, 0.1) is 11.2 Å². The van der Waals surface area contributed by atoms with Crippen LogP contribution in [0.2, 0.25) is 0 Å². The third-order valence-corrected chi connectivity index (χ3v) is 6.75. The Hall–Kier alpha value is -3.64. The summed E-state index contributed by atoms with van der Waals surface area (Å²) in [6, 6.07) is 0.404.